The van der Waals surface area contributed by atoms with Gasteiger partial charge in [0.25, 0.3) is 0 Å². The second-order valence-corrected chi connectivity index (χ2v) is 4.56. The third-order valence-electron chi connectivity index (χ3n) is 3.07. The lowest BCUT2D eigenvalue weighted by Crippen LogP contribution is -2.14. The molecule has 0 aliphatic rings. The Balaban J connectivity index is 2.32. The van der Waals surface area contributed by atoms with E-state index in [9.17, 15) is 13.2 Å². The molecule has 108 valence electrons. The van der Waals surface area contributed by atoms with Gasteiger partial charge in [-0.15, -0.1) is 0 Å². The molecular formula is C14H16F3N3. The highest BCUT2D eigenvalue weighted by Crippen LogP contribution is 2.20. The van der Waals surface area contributed by atoms with Gasteiger partial charge in [0.15, 0.2) is 17.5 Å². The Morgan fingerprint density at radius 3 is 2.55 bits per heavy atom. The van der Waals surface area contributed by atoms with Gasteiger partial charge in [-0.05, 0) is 19.9 Å². The maximum absolute atomic E-state index is 13.7. The molecule has 0 aliphatic heterocycles. The standard InChI is InChI=1S/C14H16F3N3/c1-3-4-18-7-10-8-19-20(9(10)2)14-6-12(16)11(15)5-13(14)17/h5-6,8,18H,3-4,7H2,1-2H3. The van der Waals surface area contributed by atoms with E-state index in [0.29, 0.717) is 18.3 Å². The fraction of sp³-hybridized carbons (Fsp3) is 0.357. The Morgan fingerprint density at radius 2 is 1.85 bits per heavy atom. The molecule has 0 aliphatic carbocycles. The molecule has 0 atom stereocenters. The lowest BCUT2D eigenvalue weighted by molar-refractivity contribution is 0.491. The average Bonchev–Trinajstić information content (AvgIpc) is 2.76. The van der Waals surface area contributed by atoms with Gasteiger partial charge < -0.3 is 5.32 Å². The van der Waals surface area contributed by atoms with Crippen molar-refractivity contribution in [1.82, 2.24) is 15.1 Å². The fourth-order valence-electron chi connectivity index (χ4n) is 1.93. The quantitative estimate of drug-likeness (QED) is 0.675. The van der Waals surface area contributed by atoms with Gasteiger partial charge in [0.2, 0.25) is 0 Å². The van der Waals surface area contributed by atoms with E-state index >= 15 is 0 Å². The Bertz CT molecular complexity index is 608. The Hall–Kier alpha value is -1.82. The molecule has 3 nitrogen and oxygen atoms in total. The average molecular weight is 283 g/mol. The number of aromatic nitrogens is 2. The largest absolute Gasteiger partial charge is 0.313 e. The molecule has 0 bridgehead atoms. The van der Waals surface area contributed by atoms with E-state index in [-0.39, 0.29) is 5.69 Å². The zero-order valence-corrected chi connectivity index (χ0v) is 11.4. The van der Waals surface area contributed by atoms with Crippen LogP contribution in [0.4, 0.5) is 13.2 Å². The minimum Gasteiger partial charge on any atom is -0.313 e. The van der Waals surface area contributed by atoms with Gasteiger partial charge in [0.05, 0.1) is 6.20 Å². The summed E-state index contributed by atoms with van der Waals surface area (Å²) in [5.74, 6) is -3.15. The lowest BCUT2D eigenvalue weighted by atomic mass is 10.2. The predicted molar refractivity (Wildman–Crippen MR) is 70.2 cm³/mol. The van der Waals surface area contributed by atoms with Crippen LogP contribution in [0.15, 0.2) is 18.3 Å². The van der Waals surface area contributed by atoms with E-state index in [4.69, 9.17) is 0 Å². The zero-order chi connectivity index (χ0) is 14.7. The number of benzene rings is 1. The third-order valence-corrected chi connectivity index (χ3v) is 3.07. The summed E-state index contributed by atoms with van der Waals surface area (Å²) in [6.07, 6.45) is 2.60. The Labute approximate surface area is 115 Å². The van der Waals surface area contributed by atoms with Crippen LogP contribution in [-0.4, -0.2) is 16.3 Å². The Kier molecular flexibility index (Phi) is 4.44. The summed E-state index contributed by atoms with van der Waals surface area (Å²) < 4.78 is 41.2. The summed E-state index contributed by atoms with van der Waals surface area (Å²) in [5.41, 5.74) is 1.49. The monoisotopic (exact) mass is 283 g/mol. The topological polar surface area (TPSA) is 29.9 Å². The fourth-order valence-corrected chi connectivity index (χ4v) is 1.93. The first-order valence-corrected chi connectivity index (χ1v) is 6.43. The smallest absolute Gasteiger partial charge is 0.161 e. The van der Waals surface area contributed by atoms with Crippen molar-refractivity contribution in [3.05, 3.63) is 47.0 Å². The van der Waals surface area contributed by atoms with Crippen molar-refractivity contribution in [3.8, 4) is 5.69 Å². The van der Waals surface area contributed by atoms with Crippen LogP contribution in [-0.2, 0) is 6.54 Å². The van der Waals surface area contributed by atoms with E-state index in [2.05, 4.69) is 17.3 Å². The third kappa shape index (κ3) is 2.85. The highest BCUT2D eigenvalue weighted by atomic mass is 19.2. The highest BCUT2D eigenvalue weighted by molar-refractivity contribution is 5.37. The molecule has 20 heavy (non-hydrogen) atoms. The summed E-state index contributed by atoms with van der Waals surface area (Å²) in [5, 5.41) is 7.25. The first-order valence-electron chi connectivity index (χ1n) is 6.43. The van der Waals surface area contributed by atoms with Gasteiger partial charge >= 0.3 is 0 Å². The molecule has 6 heteroatoms. The van der Waals surface area contributed by atoms with Crippen molar-refractivity contribution in [2.75, 3.05) is 6.54 Å². The summed E-state index contributed by atoms with van der Waals surface area (Å²) in [6.45, 7) is 5.28. The normalized spacial score (nSPS) is 11.1. The summed E-state index contributed by atoms with van der Waals surface area (Å²) in [6, 6.07) is 1.34. The molecule has 1 aromatic carbocycles. The molecule has 1 N–H and O–H groups in total. The van der Waals surface area contributed by atoms with Crippen molar-refractivity contribution in [2.24, 2.45) is 0 Å². The number of halogens is 3. The minimum atomic E-state index is -1.21. The van der Waals surface area contributed by atoms with Gasteiger partial charge in [-0.3, -0.25) is 0 Å². The second-order valence-electron chi connectivity index (χ2n) is 4.56. The van der Waals surface area contributed by atoms with E-state index < -0.39 is 17.5 Å². The van der Waals surface area contributed by atoms with Gasteiger partial charge in [-0.25, -0.2) is 17.9 Å². The first-order chi connectivity index (χ1) is 9.54. The van der Waals surface area contributed by atoms with Crippen molar-refractivity contribution < 1.29 is 13.2 Å². The molecule has 0 amide bonds. The highest BCUT2D eigenvalue weighted by Gasteiger charge is 2.15. The van der Waals surface area contributed by atoms with Gasteiger partial charge in [-0.2, -0.15) is 5.10 Å². The van der Waals surface area contributed by atoms with Crippen LogP contribution in [0.2, 0.25) is 0 Å². The molecule has 1 heterocycles. The van der Waals surface area contributed by atoms with Crippen molar-refractivity contribution in [3.63, 3.8) is 0 Å². The molecule has 0 saturated heterocycles. The second kappa shape index (κ2) is 6.09. The number of hydrogen-bond donors (Lipinski definition) is 1. The molecule has 2 rings (SSSR count). The van der Waals surface area contributed by atoms with E-state index in [0.717, 1.165) is 24.6 Å². The van der Waals surface area contributed by atoms with Crippen LogP contribution >= 0.6 is 0 Å². The number of nitrogens with one attached hydrogen (secondary N) is 1. The minimum absolute atomic E-state index is 0.0943. The van der Waals surface area contributed by atoms with Crippen LogP contribution in [0.5, 0.6) is 0 Å². The van der Waals surface area contributed by atoms with Crippen molar-refractivity contribution in [1.29, 1.82) is 0 Å². The predicted octanol–water partition coefficient (Wildman–Crippen LogP) is 3.10. The molecule has 0 spiro atoms. The maximum Gasteiger partial charge on any atom is 0.161 e. The summed E-state index contributed by atoms with van der Waals surface area (Å²) in [4.78, 5) is 0. The lowest BCUT2D eigenvalue weighted by Gasteiger charge is -2.08. The molecule has 0 radical (unpaired) electrons. The van der Waals surface area contributed by atoms with Crippen LogP contribution in [0.25, 0.3) is 5.69 Å². The SMILES string of the molecule is CCCNCc1cnn(-c2cc(F)c(F)cc2F)c1C. The van der Waals surface area contributed by atoms with Gasteiger partial charge in [0.1, 0.15) is 5.69 Å². The van der Waals surface area contributed by atoms with E-state index in [1.54, 1.807) is 13.1 Å². The molecule has 0 fully saturated rings. The van der Waals surface area contributed by atoms with Crippen LogP contribution in [0, 0.1) is 24.4 Å². The van der Waals surface area contributed by atoms with E-state index in [1.165, 1.54) is 4.68 Å². The number of hydrogen-bond acceptors (Lipinski definition) is 2. The maximum atomic E-state index is 13.7. The summed E-state index contributed by atoms with van der Waals surface area (Å²) >= 11 is 0. The Morgan fingerprint density at radius 1 is 1.15 bits per heavy atom. The zero-order valence-electron chi connectivity index (χ0n) is 11.4. The van der Waals surface area contributed by atoms with Crippen LogP contribution in [0.1, 0.15) is 24.6 Å². The number of rotatable bonds is 5. The first kappa shape index (κ1) is 14.6. The molecule has 2 aromatic rings. The van der Waals surface area contributed by atoms with Crippen molar-refractivity contribution >= 4 is 0 Å². The molecule has 0 saturated carbocycles. The molecule has 1 aromatic heterocycles. The van der Waals surface area contributed by atoms with Gasteiger partial charge in [-0.1, -0.05) is 6.92 Å². The van der Waals surface area contributed by atoms with Crippen molar-refractivity contribution in [2.45, 2.75) is 26.8 Å². The van der Waals surface area contributed by atoms with Crippen LogP contribution in [0.3, 0.4) is 0 Å². The van der Waals surface area contributed by atoms with Gasteiger partial charge in [0, 0.05) is 29.9 Å². The number of nitrogens with zero attached hydrogens (tertiary/aromatic N) is 2. The van der Waals surface area contributed by atoms with E-state index in [1.807, 2.05) is 0 Å². The van der Waals surface area contributed by atoms with Crippen LogP contribution < -0.4 is 5.32 Å². The molecule has 0 unspecified atom stereocenters. The summed E-state index contributed by atoms with van der Waals surface area (Å²) in [7, 11) is 0. The molecular weight excluding hydrogens is 267 g/mol.